The number of aliphatic hydroxyl groups excluding tert-OH is 1. The zero-order chi connectivity index (χ0) is 14.4. The van der Waals surface area contributed by atoms with Crippen LogP contribution in [0.15, 0.2) is 46.9 Å². The first kappa shape index (κ1) is 15.2. The molecule has 0 atom stereocenters. The van der Waals surface area contributed by atoms with Crippen LogP contribution in [0.5, 0.6) is 11.5 Å². The zero-order valence-corrected chi connectivity index (χ0v) is 13.0. The first-order valence-corrected chi connectivity index (χ1v) is 7.26. The Bertz CT molecular complexity index is 558. The van der Waals surface area contributed by atoms with Gasteiger partial charge in [-0.05, 0) is 42.5 Å². The predicted molar refractivity (Wildman–Crippen MR) is 82.5 cm³/mol. The lowest BCUT2D eigenvalue weighted by Crippen LogP contribution is -2.10. The van der Waals surface area contributed by atoms with Gasteiger partial charge in [0.25, 0.3) is 0 Å². The number of ether oxygens (including phenoxy) is 2. The molecule has 2 rings (SSSR count). The van der Waals surface area contributed by atoms with E-state index >= 15 is 0 Å². The van der Waals surface area contributed by atoms with Crippen molar-refractivity contribution in [3.63, 3.8) is 0 Å². The lowest BCUT2D eigenvalue weighted by molar-refractivity contribution is 0.210. The summed E-state index contributed by atoms with van der Waals surface area (Å²) in [7, 11) is 0. The number of benzene rings is 2. The summed E-state index contributed by atoms with van der Waals surface area (Å²) in [6, 6.07) is 12.8. The highest BCUT2D eigenvalue weighted by Crippen LogP contribution is 2.23. The molecule has 0 aromatic heterocycles. The minimum atomic E-state index is -0.108. The van der Waals surface area contributed by atoms with E-state index in [0.29, 0.717) is 29.5 Å². The second-order valence-electron chi connectivity index (χ2n) is 4.06. The van der Waals surface area contributed by atoms with Crippen LogP contribution >= 0.6 is 27.5 Å². The van der Waals surface area contributed by atoms with Crippen molar-refractivity contribution in [3.05, 3.63) is 57.5 Å². The fraction of sp³-hybridized carbons (Fsp3) is 0.200. The first-order valence-electron chi connectivity index (χ1n) is 6.09. The van der Waals surface area contributed by atoms with Crippen LogP contribution in [0.3, 0.4) is 0 Å². The highest BCUT2D eigenvalue weighted by Gasteiger charge is 2.04. The van der Waals surface area contributed by atoms with Crippen LogP contribution < -0.4 is 9.47 Å². The van der Waals surface area contributed by atoms with E-state index < -0.39 is 0 Å². The lowest BCUT2D eigenvalue weighted by Gasteiger charge is -2.11. The smallest absolute Gasteiger partial charge is 0.125 e. The van der Waals surface area contributed by atoms with Crippen LogP contribution in [0, 0.1) is 0 Å². The summed E-state index contributed by atoms with van der Waals surface area (Å²) >= 11 is 9.22. The van der Waals surface area contributed by atoms with Gasteiger partial charge in [-0.25, -0.2) is 0 Å². The molecule has 3 nitrogen and oxygen atoms in total. The van der Waals surface area contributed by atoms with Gasteiger partial charge >= 0.3 is 0 Å². The average molecular weight is 358 g/mol. The molecule has 0 aliphatic rings. The van der Waals surface area contributed by atoms with E-state index in [0.717, 1.165) is 10.2 Å². The predicted octanol–water partition coefficient (Wildman–Crippen LogP) is 4.05. The van der Waals surface area contributed by atoms with Gasteiger partial charge in [0.15, 0.2) is 0 Å². The Morgan fingerprint density at radius 1 is 1.00 bits per heavy atom. The van der Waals surface area contributed by atoms with Crippen molar-refractivity contribution in [1.29, 1.82) is 0 Å². The van der Waals surface area contributed by atoms with Crippen molar-refractivity contribution in [2.45, 2.75) is 6.61 Å². The number of hydrogen-bond donors (Lipinski definition) is 1. The Kier molecular flexibility index (Phi) is 5.71. The maximum atomic E-state index is 9.23. The molecule has 0 amide bonds. The molecule has 0 fully saturated rings. The molecule has 0 radical (unpaired) electrons. The molecule has 0 saturated heterocycles. The van der Waals surface area contributed by atoms with Gasteiger partial charge < -0.3 is 14.6 Å². The quantitative estimate of drug-likeness (QED) is 0.793. The zero-order valence-electron chi connectivity index (χ0n) is 10.7. The van der Waals surface area contributed by atoms with Crippen LogP contribution in [0.2, 0.25) is 5.02 Å². The normalized spacial score (nSPS) is 10.3. The van der Waals surface area contributed by atoms with Crippen molar-refractivity contribution in [2.75, 3.05) is 13.2 Å². The molecule has 2 aromatic carbocycles. The van der Waals surface area contributed by atoms with Crippen LogP contribution in [-0.2, 0) is 6.61 Å². The molecule has 0 aliphatic heterocycles. The van der Waals surface area contributed by atoms with Gasteiger partial charge in [-0.3, -0.25) is 0 Å². The molecular weight excluding hydrogens is 344 g/mol. The molecule has 0 aliphatic carbocycles. The third-order valence-corrected chi connectivity index (χ3v) is 3.38. The molecule has 0 saturated carbocycles. The minimum Gasteiger partial charge on any atom is -0.490 e. The topological polar surface area (TPSA) is 38.7 Å². The Morgan fingerprint density at radius 2 is 1.70 bits per heavy atom. The Balaban J connectivity index is 1.82. The highest BCUT2D eigenvalue weighted by molar-refractivity contribution is 9.10. The molecule has 1 N–H and O–H groups in total. The SMILES string of the molecule is OCc1cc(Cl)ccc1OCCOc1ccc(Br)cc1. The van der Waals surface area contributed by atoms with Crippen molar-refractivity contribution in [3.8, 4) is 11.5 Å². The summed E-state index contributed by atoms with van der Waals surface area (Å²) in [6.07, 6.45) is 0. The second-order valence-corrected chi connectivity index (χ2v) is 5.41. The largest absolute Gasteiger partial charge is 0.490 e. The van der Waals surface area contributed by atoms with E-state index in [2.05, 4.69) is 15.9 Å². The second kappa shape index (κ2) is 7.53. The molecule has 0 spiro atoms. The molecule has 106 valence electrons. The van der Waals surface area contributed by atoms with E-state index in [-0.39, 0.29) is 6.61 Å². The summed E-state index contributed by atoms with van der Waals surface area (Å²) in [5, 5.41) is 9.81. The van der Waals surface area contributed by atoms with Gasteiger partial charge in [-0.2, -0.15) is 0 Å². The summed E-state index contributed by atoms with van der Waals surface area (Å²) in [5.74, 6) is 1.41. The van der Waals surface area contributed by atoms with Gasteiger partial charge in [0.2, 0.25) is 0 Å². The summed E-state index contributed by atoms with van der Waals surface area (Å²) in [6.45, 7) is 0.712. The van der Waals surface area contributed by atoms with E-state index in [1.54, 1.807) is 18.2 Å². The summed E-state index contributed by atoms with van der Waals surface area (Å²) in [4.78, 5) is 0. The Hall–Kier alpha value is -1.23. The molecular formula is C15H14BrClO3. The molecule has 0 bridgehead atoms. The van der Waals surface area contributed by atoms with Crippen molar-refractivity contribution < 1.29 is 14.6 Å². The number of hydrogen-bond acceptors (Lipinski definition) is 3. The van der Waals surface area contributed by atoms with Gasteiger partial charge in [0.1, 0.15) is 24.7 Å². The molecule has 0 heterocycles. The van der Waals surface area contributed by atoms with Gasteiger partial charge in [0, 0.05) is 15.1 Å². The van der Waals surface area contributed by atoms with Gasteiger partial charge in [0.05, 0.1) is 6.61 Å². The Labute approximate surface area is 131 Å². The average Bonchev–Trinajstić information content (AvgIpc) is 2.46. The third-order valence-electron chi connectivity index (χ3n) is 2.62. The number of rotatable bonds is 6. The standard InChI is InChI=1S/C15H14BrClO3/c16-12-1-4-14(5-2-12)19-7-8-20-15-6-3-13(17)9-11(15)10-18/h1-6,9,18H,7-8,10H2. The highest BCUT2D eigenvalue weighted by atomic mass is 79.9. The lowest BCUT2D eigenvalue weighted by atomic mass is 10.2. The maximum absolute atomic E-state index is 9.23. The number of halogens is 2. The van der Waals surface area contributed by atoms with Crippen LogP contribution in [-0.4, -0.2) is 18.3 Å². The Morgan fingerprint density at radius 3 is 2.40 bits per heavy atom. The van der Waals surface area contributed by atoms with Crippen molar-refractivity contribution >= 4 is 27.5 Å². The molecule has 2 aromatic rings. The summed E-state index contributed by atoms with van der Waals surface area (Å²) in [5.41, 5.74) is 0.668. The van der Waals surface area contributed by atoms with E-state index in [9.17, 15) is 5.11 Å². The van der Waals surface area contributed by atoms with E-state index in [1.165, 1.54) is 0 Å². The van der Waals surface area contributed by atoms with Crippen LogP contribution in [0.1, 0.15) is 5.56 Å². The monoisotopic (exact) mass is 356 g/mol. The van der Waals surface area contributed by atoms with Crippen LogP contribution in [0.4, 0.5) is 0 Å². The van der Waals surface area contributed by atoms with Crippen molar-refractivity contribution in [2.24, 2.45) is 0 Å². The van der Waals surface area contributed by atoms with Gasteiger partial charge in [-0.15, -0.1) is 0 Å². The number of aliphatic hydroxyl groups is 1. The third kappa shape index (κ3) is 4.40. The van der Waals surface area contributed by atoms with E-state index in [4.69, 9.17) is 21.1 Å². The molecule has 0 unspecified atom stereocenters. The fourth-order valence-electron chi connectivity index (χ4n) is 1.65. The molecule has 20 heavy (non-hydrogen) atoms. The van der Waals surface area contributed by atoms with Crippen molar-refractivity contribution in [1.82, 2.24) is 0 Å². The molecule has 5 heteroatoms. The van der Waals surface area contributed by atoms with Gasteiger partial charge in [-0.1, -0.05) is 27.5 Å². The fourth-order valence-corrected chi connectivity index (χ4v) is 2.11. The minimum absolute atomic E-state index is 0.108. The van der Waals surface area contributed by atoms with Crippen LogP contribution in [0.25, 0.3) is 0 Å². The maximum Gasteiger partial charge on any atom is 0.125 e. The van der Waals surface area contributed by atoms with E-state index in [1.807, 2.05) is 24.3 Å². The first-order chi connectivity index (χ1) is 9.69. The summed E-state index contributed by atoms with van der Waals surface area (Å²) < 4.78 is 12.1.